The van der Waals surface area contributed by atoms with Crippen molar-refractivity contribution in [3.63, 3.8) is 0 Å². The summed E-state index contributed by atoms with van der Waals surface area (Å²) in [6, 6.07) is 9.94. The summed E-state index contributed by atoms with van der Waals surface area (Å²) >= 11 is 1.48. The maximum absolute atomic E-state index is 12.2. The molecular weight excluding hydrogens is 372 g/mol. The van der Waals surface area contributed by atoms with E-state index in [0.29, 0.717) is 6.54 Å². The lowest BCUT2D eigenvalue weighted by molar-refractivity contribution is 0.149. The largest absolute Gasteiger partial charge is 0.496 e. The summed E-state index contributed by atoms with van der Waals surface area (Å²) in [5, 5.41) is 5.34. The molecule has 1 atom stereocenters. The number of hydrogen-bond acceptors (Lipinski definition) is 6. The molecular formula is C18H21ClN4O2S. The van der Waals surface area contributed by atoms with Crippen molar-refractivity contribution in [2.45, 2.75) is 12.6 Å². The van der Waals surface area contributed by atoms with Crippen LogP contribution in [-0.2, 0) is 6.54 Å². The number of thiazole rings is 1. The van der Waals surface area contributed by atoms with Crippen LogP contribution in [0.1, 0.15) is 17.3 Å². The van der Waals surface area contributed by atoms with Crippen LogP contribution < -0.4 is 15.6 Å². The lowest BCUT2D eigenvalue weighted by Crippen LogP contribution is -2.45. The summed E-state index contributed by atoms with van der Waals surface area (Å²) in [4.78, 5) is 20.0. The summed E-state index contributed by atoms with van der Waals surface area (Å²) in [5.74, 6) is 0.892. The molecule has 3 aromatic rings. The fourth-order valence-corrected chi connectivity index (χ4v) is 4.10. The molecule has 1 aliphatic rings. The molecule has 6 nitrogen and oxygen atoms in total. The molecule has 1 saturated heterocycles. The van der Waals surface area contributed by atoms with Gasteiger partial charge in [0.2, 0.25) is 0 Å². The van der Waals surface area contributed by atoms with Crippen molar-refractivity contribution >= 4 is 28.7 Å². The normalized spacial score (nSPS) is 17.8. The first kappa shape index (κ1) is 18.8. The van der Waals surface area contributed by atoms with Gasteiger partial charge in [-0.25, -0.2) is 4.98 Å². The van der Waals surface area contributed by atoms with E-state index in [1.54, 1.807) is 23.8 Å². The number of methoxy groups -OCH3 is 1. The highest BCUT2D eigenvalue weighted by Gasteiger charge is 2.26. The smallest absolute Gasteiger partial charge is 0.258 e. The van der Waals surface area contributed by atoms with Gasteiger partial charge in [0.15, 0.2) is 4.96 Å². The number of fused-ring (bicyclic) bond motifs is 1. The summed E-state index contributed by atoms with van der Waals surface area (Å²) in [5.41, 5.74) is 1.95. The van der Waals surface area contributed by atoms with Gasteiger partial charge in [-0.1, -0.05) is 18.2 Å². The summed E-state index contributed by atoms with van der Waals surface area (Å²) in [6.07, 6.45) is 1.77. The fourth-order valence-electron chi connectivity index (χ4n) is 3.36. The Morgan fingerprint density at radius 3 is 3.08 bits per heavy atom. The number of aromatic nitrogens is 2. The molecule has 0 amide bonds. The van der Waals surface area contributed by atoms with Gasteiger partial charge in [0.1, 0.15) is 5.75 Å². The average molecular weight is 393 g/mol. The van der Waals surface area contributed by atoms with E-state index in [1.165, 1.54) is 11.3 Å². The van der Waals surface area contributed by atoms with Crippen LogP contribution in [0.25, 0.3) is 4.96 Å². The molecule has 26 heavy (non-hydrogen) atoms. The standard InChI is InChI=1S/C18H20N4O2S.ClH/c1-24-16-5-3-2-4-14(16)15-11-19-6-7-21(15)12-13-10-17(23)22-8-9-25-18(22)20-13;/h2-5,8-10,15,19H,6-7,11-12H2,1H3;1H. The lowest BCUT2D eigenvalue weighted by atomic mass is 10.0. The van der Waals surface area contributed by atoms with Gasteiger partial charge in [0, 0.05) is 49.4 Å². The zero-order valence-electron chi connectivity index (χ0n) is 14.4. The molecule has 0 radical (unpaired) electrons. The second-order valence-corrected chi connectivity index (χ2v) is 6.95. The fraction of sp³-hybridized carbons (Fsp3) is 0.333. The van der Waals surface area contributed by atoms with Crippen LogP contribution in [0.5, 0.6) is 5.75 Å². The molecule has 0 bridgehead atoms. The van der Waals surface area contributed by atoms with E-state index in [4.69, 9.17) is 4.74 Å². The predicted octanol–water partition coefficient (Wildman–Crippen LogP) is 2.33. The minimum absolute atomic E-state index is 0. The monoisotopic (exact) mass is 392 g/mol. The van der Waals surface area contributed by atoms with Crippen molar-refractivity contribution in [2.75, 3.05) is 26.7 Å². The number of para-hydroxylation sites is 1. The van der Waals surface area contributed by atoms with Gasteiger partial charge in [-0.15, -0.1) is 23.7 Å². The van der Waals surface area contributed by atoms with Gasteiger partial charge in [0.05, 0.1) is 18.8 Å². The molecule has 1 N–H and O–H groups in total. The van der Waals surface area contributed by atoms with E-state index in [-0.39, 0.29) is 24.0 Å². The van der Waals surface area contributed by atoms with Crippen LogP contribution in [-0.4, -0.2) is 41.0 Å². The SMILES string of the molecule is COc1ccccc1C1CNCCN1Cc1cc(=O)n2ccsc2n1.Cl. The highest BCUT2D eigenvalue weighted by atomic mass is 35.5. The maximum atomic E-state index is 12.2. The Morgan fingerprint density at radius 1 is 1.38 bits per heavy atom. The van der Waals surface area contributed by atoms with E-state index in [2.05, 4.69) is 21.3 Å². The Balaban J connectivity index is 0.00000196. The Bertz CT molecular complexity index is 942. The third-order valence-corrected chi connectivity index (χ3v) is 5.33. The molecule has 1 aromatic carbocycles. The van der Waals surface area contributed by atoms with Crippen LogP contribution in [0.4, 0.5) is 0 Å². The lowest BCUT2D eigenvalue weighted by Gasteiger charge is -2.36. The van der Waals surface area contributed by atoms with Crippen LogP contribution in [0, 0.1) is 0 Å². The topological polar surface area (TPSA) is 58.9 Å². The van der Waals surface area contributed by atoms with Gasteiger partial charge in [-0.05, 0) is 6.07 Å². The molecule has 138 valence electrons. The summed E-state index contributed by atoms with van der Waals surface area (Å²) in [6.45, 7) is 3.31. The summed E-state index contributed by atoms with van der Waals surface area (Å²) in [7, 11) is 1.70. The number of nitrogens with zero attached hydrogens (tertiary/aromatic N) is 3. The second-order valence-electron chi connectivity index (χ2n) is 6.07. The van der Waals surface area contributed by atoms with Crippen molar-refractivity contribution in [3.05, 3.63) is 63.5 Å². The molecule has 1 aliphatic heterocycles. The Labute approximate surface area is 161 Å². The molecule has 2 aromatic heterocycles. The second kappa shape index (κ2) is 8.18. The van der Waals surface area contributed by atoms with Crippen LogP contribution in [0.15, 0.2) is 46.7 Å². The van der Waals surface area contributed by atoms with Crippen LogP contribution in [0.3, 0.4) is 0 Å². The Morgan fingerprint density at radius 2 is 2.23 bits per heavy atom. The van der Waals surface area contributed by atoms with E-state index in [1.807, 2.05) is 23.6 Å². The van der Waals surface area contributed by atoms with Gasteiger partial charge in [0.25, 0.3) is 5.56 Å². The number of hydrogen-bond donors (Lipinski definition) is 1. The number of rotatable bonds is 4. The molecule has 4 rings (SSSR count). The van der Waals surface area contributed by atoms with Gasteiger partial charge in [-0.3, -0.25) is 14.1 Å². The maximum Gasteiger partial charge on any atom is 0.258 e. The van der Waals surface area contributed by atoms with Gasteiger partial charge < -0.3 is 10.1 Å². The zero-order chi connectivity index (χ0) is 17.2. The van der Waals surface area contributed by atoms with Gasteiger partial charge >= 0.3 is 0 Å². The van der Waals surface area contributed by atoms with E-state index >= 15 is 0 Å². The molecule has 0 saturated carbocycles. The average Bonchev–Trinajstić information content (AvgIpc) is 3.11. The van der Waals surface area contributed by atoms with Crippen molar-refractivity contribution in [2.24, 2.45) is 0 Å². The molecule has 0 spiro atoms. The highest BCUT2D eigenvalue weighted by molar-refractivity contribution is 7.15. The number of nitrogens with one attached hydrogen (secondary N) is 1. The van der Waals surface area contributed by atoms with Crippen molar-refractivity contribution < 1.29 is 4.74 Å². The molecule has 1 unspecified atom stereocenters. The van der Waals surface area contributed by atoms with E-state index in [0.717, 1.165) is 41.6 Å². The van der Waals surface area contributed by atoms with E-state index in [9.17, 15) is 4.79 Å². The first-order chi connectivity index (χ1) is 12.3. The van der Waals surface area contributed by atoms with Crippen molar-refractivity contribution in [1.82, 2.24) is 19.6 Å². The number of ether oxygens (including phenoxy) is 1. The molecule has 0 aliphatic carbocycles. The number of piperazine rings is 1. The third-order valence-electron chi connectivity index (χ3n) is 4.57. The predicted molar refractivity (Wildman–Crippen MR) is 106 cm³/mol. The quantitative estimate of drug-likeness (QED) is 0.738. The van der Waals surface area contributed by atoms with Crippen LogP contribution >= 0.6 is 23.7 Å². The molecule has 1 fully saturated rings. The minimum Gasteiger partial charge on any atom is -0.496 e. The number of halogens is 1. The first-order valence-electron chi connectivity index (χ1n) is 8.30. The minimum atomic E-state index is -0.0229. The first-order valence-corrected chi connectivity index (χ1v) is 9.17. The van der Waals surface area contributed by atoms with Crippen molar-refractivity contribution in [1.29, 1.82) is 0 Å². The van der Waals surface area contributed by atoms with Crippen molar-refractivity contribution in [3.8, 4) is 5.75 Å². The Kier molecular flexibility index (Phi) is 5.93. The summed E-state index contributed by atoms with van der Waals surface area (Å²) < 4.78 is 7.13. The number of benzene rings is 1. The van der Waals surface area contributed by atoms with E-state index < -0.39 is 0 Å². The third kappa shape index (κ3) is 3.61. The highest BCUT2D eigenvalue weighted by Crippen LogP contribution is 2.30. The Hall–Kier alpha value is -1.93. The zero-order valence-corrected chi connectivity index (χ0v) is 16.1. The van der Waals surface area contributed by atoms with Gasteiger partial charge in [-0.2, -0.15) is 0 Å². The van der Waals surface area contributed by atoms with Crippen LogP contribution in [0.2, 0.25) is 0 Å². The molecule has 8 heteroatoms. The molecule has 3 heterocycles.